The fraction of sp³-hybridized carbons (Fsp3) is 0.579. The molecule has 3 N–H and O–H groups in total. The summed E-state index contributed by atoms with van der Waals surface area (Å²) < 4.78 is 39.4. The summed E-state index contributed by atoms with van der Waals surface area (Å²) in [6.07, 6.45) is -1.14. The van der Waals surface area contributed by atoms with Crippen LogP contribution in [-0.4, -0.2) is 49.4 Å². The number of rotatable bonds is 5. The van der Waals surface area contributed by atoms with E-state index in [9.17, 15) is 22.8 Å². The Bertz CT molecular complexity index is 732. The van der Waals surface area contributed by atoms with Crippen LogP contribution >= 0.6 is 0 Å². The number of likely N-dealkylation sites (tertiary alicyclic amines) is 1. The number of amides is 2. The maximum absolute atomic E-state index is 13.1. The third-order valence-electron chi connectivity index (χ3n) is 5.38. The Morgan fingerprint density at radius 3 is 2.50 bits per heavy atom. The summed E-state index contributed by atoms with van der Waals surface area (Å²) >= 11 is 0. The molecule has 1 atom stereocenters. The molecule has 0 radical (unpaired) electrons. The minimum absolute atomic E-state index is 0.131. The van der Waals surface area contributed by atoms with Crippen LogP contribution in [0.5, 0.6) is 0 Å². The normalized spacial score (nSPS) is 20.3. The molecule has 2 aliphatic rings. The van der Waals surface area contributed by atoms with E-state index < -0.39 is 17.6 Å². The molecule has 28 heavy (non-hydrogen) atoms. The monoisotopic (exact) mass is 398 g/mol. The Balaban J connectivity index is 1.72. The summed E-state index contributed by atoms with van der Waals surface area (Å²) in [6.45, 7) is 2.21. The van der Waals surface area contributed by atoms with E-state index >= 15 is 0 Å². The van der Waals surface area contributed by atoms with Crippen molar-refractivity contribution in [1.82, 2.24) is 4.90 Å². The Morgan fingerprint density at radius 2 is 1.86 bits per heavy atom. The summed E-state index contributed by atoms with van der Waals surface area (Å²) in [6, 6.07) is 3.59. The van der Waals surface area contributed by atoms with Crippen molar-refractivity contribution in [2.24, 2.45) is 11.7 Å². The van der Waals surface area contributed by atoms with Gasteiger partial charge in [-0.3, -0.25) is 9.59 Å². The second-order valence-corrected chi connectivity index (χ2v) is 7.36. The number of hydrogen-bond acceptors (Lipinski definition) is 4. The quantitative estimate of drug-likeness (QED) is 0.799. The first kappa shape index (κ1) is 20.3. The first-order chi connectivity index (χ1) is 13.3. The van der Waals surface area contributed by atoms with Crippen LogP contribution in [0.25, 0.3) is 0 Å². The molecule has 0 aliphatic carbocycles. The number of benzene rings is 1. The van der Waals surface area contributed by atoms with Crippen LogP contribution in [0.15, 0.2) is 18.2 Å². The molecule has 1 unspecified atom stereocenters. The van der Waals surface area contributed by atoms with Crippen LogP contribution < -0.4 is 16.0 Å². The van der Waals surface area contributed by atoms with Crippen LogP contribution in [-0.2, 0) is 15.8 Å². The van der Waals surface area contributed by atoms with Gasteiger partial charge in [0.2, 0.25) is 11.8 Å². The molecule has 3 rings (SSSR count). The fourth-order valence-electron chi connectivity index (χ4n) is 3.81. The average molecular weight is 398 g/mol. The number of nitrogens with two attached hydrogens (primary N) is 1. The number of anilines is 2. The van der Waals surface area contributed by atoms with Gasteiger partial charge in [-0.25, -0.2) is 0 Å². The Morgan fingerprint density at radius 1 is 1.14 bits per heavy atom. The van der Waals surface area contributed by atoms with E-state index in [1.165, 1.54) is 6.07 Å². The fourth-order valence-corrected chi connectivity index (χ4v) is 3.81. The number of alkyl halides is 3. The summed E-state index contributed by atoms with van der Waals surface area (Å²) in [7, 11) is 0. The van der Waals surface area contributed by atoms with Gasteiger partial charge >= 0.3 is 6.18 Å². The molecule has 0 aromatic heterocycles. The largest absolute Gasteiger partial charge is 0.416 e. The lowest BCUT2D eigenvalue weighted by Gasteiger charge is -2.31. The molecule has 2 aliphatic heterocycles. The van der Waals surface area contributed by atoms with E-state index in [-0.39, 0.29) is 24.9 Å². The lowest BCUT2D eigenvalue weighted by molar-refractivity contribution is -0.137. The van der Waals surface area contributed by atoms with E-state index in [0.29, 0.717) is 30.8 Å². The molecule has 2 saturated heterocycles. The second-order valence-electron chi connectivity index (χ2n) is 7.36. The van der Waals surface area contributed by atoms with Crippen LogP contribution in [0, 0.1) is 5.92 Å². The topological polar surface area (TPSA) is 78.7 Å². The molecule has 1 aromatic rings. The number of hydrogen-bond donors (Lipinski definition) is 2. The predicted molar refractivity (Wildman–Crippen MR) is 99.9 cm³/mol. The third kappa shape index (κ3) is 4.69. The lowest BCUT2D eigenvalue weighted by atomic mass is 9.97. The number of piperidine rings is 1. The van der Waals surface area contributed by atoms with Crippen molar-refractivity contribution in [3.63, 3.8) is 0 Å². The van der Waals surface area contributed by atoms with Crippen molar-refractivity contribution in [3.05, 3.63) is 23.8 Å². The average Bonchev–Trinajstić information content (AvgIpc) is 3.19. The highest BCUT2D eigenvalue weighted by atomic mass is 19.4. The van der Waals surface area contributed by atoms with Crippen molar-refractivity contribution in [2.75, 3.05) is 42.9 Å². The van der Waals surface area contributed by atoms with Crippen LogP contribution in [0.3, 0.4) is 0 Å². The Labute approximate surface area is 161 Å². The van der Waals surface area contributed by atoms with E-state index in [0.717, 1.165) is 38.1 Å². The van der Waals surface area contributed by atoms with Gasteiger partial charge in [-0.1, -0.05) is 0 Å². The zero-order chi connectivity index (χ0) is 20.3. The highest BCUT2D eigenvalue weighted by Crippen LogP contribution is 2.36. The maximum atomic E-state index is 13.1. The summed E-state index contributed by atoms with van der Waals surface area (Å²) in [5, 5.41) is 2.89. The molecule has 0 bridgehead atoms. The maximum Gasteiger partial charge on any atom is 0.416 e. The number of primary amides is 1. The molecule has 2 fully saturated rings. The zero-order valence-corrected chi connectivity index (χ0v) is 15.6. The van der Waals surface area contributed by atoms with Gasteiger partial charge in [-0.15, -0.1) is 0 Å². The Hall–Kier alpha value is -2.45. The van der Waals surface area contributed by atoms with E-state index in [1.54, 1.807) is 4.90 Å². The number of carbonyl (C=O) groups is 2. The smallest absolute Gasteiger partial charge is 0.374 e. The Kier molecular flexibility index (Phi) is 6.00. The van der Waals surface area contributed by atoms with Crippen LogP contribution in [0.2, 0.25) is 0 Å². The van der Waals surface area contributed by atoms with E-state index in [1.807, 2.05) is 4.90 Å². The van der Waals surface area contributed by atoms with Crippen LogP contribution in [0.4, 0.5) is 24.5 Å². The molecule has 154 valence electrons. The summed E-state index contributed by atoms with van der Waals surface area (Å²) in [5.74, 6) is -1.05. The van der Waals surface area contributed by atoms with Gasteiger partial charge in [0.25, 0.3) is 0 Å². The summed E-state index contributed by atoms with van der Waals surface area (Å²) in [4.78, 5) is 27.5. The number of nitrogens with zero attached hydrogens (tertiary/aromatic N) is 2. The van der Waals surface area contributed by atoms with E-state index in [4.69, 9.17) is 5.73 Å². The van der Waals surface area contributed by atoms with Gasteiger partial charge in [-0.2, -0.15) is 13.2 Å². The number of nitrogens with one attached hydrogen (secondary N) is 1. The summed E-state index contributed by atoms with van der Waals surface area (Å²) in [5.41, 5.74) is 5.56. The SMILES string of the molecule is NC(=O)C1CCCN(C(=O)CNc2cc(C(F)(F)F)ccc2N2CCCC2)C1. The van der Waals surface area contributed by atoms with Crippen molar-refractivity contribution < 1.29 is 22.8 Å². The number of carbonyl (C=O) groups excluding carboxylic acids is 2. The minimum atomic E-state index is -4.45. The first-order valence-corrected chi connectivity index (χ1v) is 9.53. The van der Waals surface area contributed by atoms with Gasteiger partial charge < -0.3 is 20.9 Å². The van der Waals surface area contributed by atoms with Gasteiger partial charge in [0.1, 0.15) is 0 Å². The van der Waals surface area contributed by atoms with Crippen molar-refractivity contribution in [1.29, 1.82) is 0 Å². The van der Waals surface area contributed by atoms with Gasteiger partial charge in [-0.05, 0) is 43.9 Å². The van der Waals surface area contributed by atoms with Crippen molar-refractivity contribution in [2.45, 2.75) is 31.9 Å². The van der Waals surface area contributed by atoms with Gasteiger partial charge in [0.15, 0.2) is 0 Å². The molecular formula is C19H25F3N4O2. The second kappa shape index (κ2) is 8.28. The number of halogens is 3. The predicted octanol–water partition coefficient (Wildman–Crippen LogP) is 2.44. The third-order valence-corrected chi connectivity index (χ3v) is 5.38. The molecule has 6 nitrogen and oxygen atoms in total. The zero-order valence-electron chi connectivity index (χ0n) is 15.6. The standard InChI is InChI=1S/C19H25F3N4O2/c20-19(21,22)14-5-6-16(25-7-1-2-8-25)15(10-14)24-11-17(27)26-9-3-4-13(12-26)18(23)28/h5-6,10,13,24H,1-4,7-9,11-12H2,(H2,23,28). The van der Waals surface area contributed by atoms with E-state index in [2.05, 4.69) is 5.32 Å². The van der Waals surface area contributed by atoms with Crippen LogP contribution in [0.1, 0.15) is 31.2 Å². The molecular weight excluding hydrogens is 373 g/mol. The minimum Gasteiger partial charge on any atom is -0.374 e. The molecule has 9 heteroatoms. The molecule has 2 heterocycles. The highest BCUT2D eigenvalue weighted by molar-refractivity contribution is 5.84. The van der Waals surface area contributed by atoms with Crippen molar-refractivity contribution in [3.8, 4) is 0 Å². The molecule has 0 spiro atoms. The molecule has 0 saturated carbocycles. The first-order valence-electron chi connectivity index (χ1n) is 9.53. The van der Waals surface area contributed by atoms with Gasteiger partial charge in [0.05, 0.1) is 29.4 Å². The lowest BCUT2D eigenvalue weighted by Crippen LogP contribution is -2.46. The van der Waals surface area contributed by atoms with Crippen molar-refractivity contribution >= 4 is 23.2 Å². The molecule has 1 aromatic carbocycles. The molecule has 2 amide bonds. The van der Waals surface area contributed by atoms with Gasteiger partial charge in [0, 0.05) is 26.2 Å². The highest BCUT2D eigenvalue weighted by Gasteiger charge is 2.32.